The molecule has 0 radical (unpaired) electrons. The van der Waals surface area contributed by atoms with Gasteiger partial charge < -0.3 is 19.7 Å². The average molecular weight is 431 g/mol. The molecule has 1 aliphatic heterocycles. The van der Waals surface area contributed by atoms with Crippen LogP contribution in [0.4, 0.5) is 4.39 Å². The van der Waals surface area contributed by atoms with Crippen molar-refractivity contribution in [3.05, 3.63) is 30.1 Å². The average Bonchev–Trinajstić information content (AvgIpc) is 2.72. The van der Waals surface area contributed by atoms with Crippen LogP contribution in [0.1, 0.15) is 19.3 Å². The van der Waals surface area contributed by atoms with Gasteiger partial charge in [-0.25, -0.2) is 17.5 Å². The zero-order valence-corrected chi connectivity index (χ0v) is 17.9. The Bertz CT molecular complexity index is 737. The largest absolute Gasteiger partial charge is 0.492 e. The van der Waals surface area contributed by atoms with E-state index in [2.05, 4.69) is 15.0 Å². The molecule has 1 heterocycles. The van der Waals surface area contributed by atoms with Crippen molar-refractivity contribution < 1.29 is 22.3 Å². The molecule has 2 N–H and O–H groups in total. The molecule has 2 rings (SSSR count). The Hall–Kier alpha value is -1.91. The van der Waals surface area contributed by atoms with E-state index >= 15 is 0 Å². The number of hydrogen-bond acceptors (Lipinski definition) is 5. The molecule has 0 amide bonds. The van der Waals surface area contributed by atoms with Crippen LogP contribution in [0.3, 0.4) is 0 Å². The summed E-state index contributed by atoms with van der Waals surface area (Å²) in [5, 5.41) is 3.04. The second-order valence-corrected chi connectivity index (χ2v) is 8.78. The molecule has 1 aliphatic rings. The van der Waals surface area contributed by atoms with E-state index in [9.17, 15) is 12.8 Å². The highest BCUT2D eigenvalue weighted by molar-refractivity contribution is 7.89. The van der Waals surface area contributed by atoms with Crippen molar-refractivity contribution in [2.24, 2.45) is 4.99 Å². The fourth-order valence-electron chi connectivity index (χ4n) is 2.88. The number of rotatable bonds is 10. The van der Waals surface area contributed by atoms with Crippen molar-refractivity contribution in [2.45, 2.75) is 25.4 Å². The van der Waals surface area contributed by atoms with E-state index in [1.54, 1.807) is 19.2 Å². The van der Waals surface area contributed by atoms with Crippen molar-refractivity contribution in [3.8, 4) is 5.75 Å². The Kier molecular flexibility index (Phi) is 9.62. The molecular weight excluding hydrogens is 399 g/mol. The standard InChI is InChI=1S/C19H31FN4O4S/c1-21-19(24(2)11-13-28-17-8-6-16(20)7-9-17)22-10-14-29(25,26)23-15-18-5-3-4-12-27-18/h6-9,18,23H,3-5,10-15H2,1-2H3,(H,21,22). The molecule has 0 bridgehead atoms. The van der Waals surface area contributed by atoms with Gasteiger partial charge in [0.2, 0.25) is 10.0 Å². The van der Waals surface area contributed by atoms with E-state index in [-0.39, 0.29) is 24.2 Å². The highest BCUT2D eigenvalue weighted by atomic mass is 32.2. The van der Waals surface area contributed by atoms with E-state index in [4.69, 9.17) is 9.47 Å². The van der Waals surface area contributed by atoms with Crippen molar-refractivity contribution in [2.75, 3.05) is 52.7 Å². The summed E-state index contributed by atoms with van der Waals surface area (Å²) in [4.78, 5) is 5.99. The Morgan fingerprint density at radius 3 is 2.76 bits per heavy atom. The Labute approximate surface area is 172 Å². The number of likely N-dealkylation sites (N-methyl/N-ethyl adjacent to an activating group) is 1. The maximum atomic E-state index is 12.9. The van der Waals surface area contributed by atoms with Crippen molar-refractivity contribution >= 4 is 16.0 Å². The molecule has 0 saturated carbocycles. The zero-order chi connectivity index (χ0) is 21.1. The van der Waals surface area contributed by atoms with Crippen LogP contribution in [-0.4, -0.2) is 78.1 Å². The molecule has 1 fully saturated rings. The second-order valence-electron chi connectivity index (χ2n) is 6.85. The van der Waals surface area contributed by atoms with Gasteiger partial charge in [-0.2, -0.15) is 0 Å². The van der Waals surface area contributed by atoms with Gasteiger partial charge in [0.05, 0.1) is 18.4 Å². The van der Waals surface area contributed by atoms with Crippen LogP contribution in [0.25, 0.3) is 0 Å². The van der Waals surface area contributed by atoms with Gasteiger partial charge in [0.1, 0.15) is 18.2 Å². The van der Waals surface area contributed by atoms with Gasteiger partial charge >= 0.3 is 0 Å². The summed E-state index contributed by atoms with van der Waals surface area (Å²) in [6, 6.07) is 5.82. The topological polar surface area (TPSA) is 92.3 Å². The van der Waals surface area contributed by atoms with E-state index in [0.717, 1.165) is 19.3 Å². The maximum absolute atomic E-state index is 12.9. The number of guanidine groups is 1. The van der Waals surface area contributed by atoms with Gasteiger partial charge in [0.15, 0.2) is 5.96 Å². The van der Waals surface area contributed by atoms with Crippen LogP contribution in [0.2, 0.25) is 0 Å². The molecule has 1 aromatic rings. The van der Waals surface area contributed by atoms with Gasteiger partial charge in [0.25, 0.3) is 0 Å². The first kappa shape index (κ1) is 23.4. The number of nitrogens with zero attached hydrogens (tertiary/aromatic N) is 2. The lowest BCUT2D eigenvalue weighted by Crippen LogP contribution is -2.44. The molecule has 1 atom stereocenters. The van der Waals surface area contributed by atoms with Gasteiger partial charge in [0, 0.05) is 33.8 Å². The van der Waals surface area contributed by atoms with Crippen LogP contribution in [0, 0.1) is 5.82 Å². The fourth-order valence-corrected chi connectivity index (χ4v) is 3.83. The van der Waals surface area contributed by atoms with Crippen LogP contribution < -0.4 is 14.8 Å². The second kappa shape index (κ2) is 11.9. The van der Waals surface area contributed by atoms with E-state index in [0.29, 0.717) is 38.0 Å². The molecule has 29 heavy (non-hydrogen) atoms. The summed E-state index contributed by atoms with van der Waals surface area (Å²) in [6.45, 7) is 2.15. The van der Waals surface area contributed by atoms with Crippen LogP contribution in [-0.2, 0) is 14.8 Å². The third-order valence-electron chi connectivity index (χ3n) is 4.54. The predicted molar refractivity (Wildman–Crippen MR) is 111 cm³/mol. The molecule has 1 unspecified atom stereocenters. The molecule has 0 aromatic heterocycles. The number of aliphatic imine (C=N–C) groups is 1. The van der Waals surface area contributed by atoms with Crippen LogP contribution >= 0.6 is 0 Å². The number of ether oxygens (including phenoxy) is 2. The van der Waals surface area contributed by atoms with Crippen LogP contribution in [0.5, 0.6) is 5.75 Å². The summed E-state index contributed by atoms with van der Waals surface area (Å²) >= 11 is 0. The first-order valence-electron chi connectivity index (χ1n) is 9.79. The maximum Gasteiger partial charge on any atom is 0.213 e. The molecule has 0 spiro atoms. The predicted octanol–water partition coefficient (Wildman–Crippen LogP) is 1.20. The minimum absolute atomic E-state index is 0.0357. The molecule has 8 nitrogen and oxygen atoms in total. The lowest BCUT2D eigenvalue weighted by Gasteiger charge is -2.23. The normalized spacial score (nSPS) is 17.8. The number of benzene rings is 1. The van der Waals surface area contributed by atoms with Gasteiger partial charge in [-0.05, 0) is 43.5 Å². The SMILES string of the molecule is CN=C(NCCS(=O)(=O)NCC1CCCCO1)N(C)CCOc1ccc(F)cc1. The van der Waals surface area contributed by atoms with Crippen molar-refractivity contribution in [1.29, 1.82) is 0 Å². The third kappa shape index (κ3) is 8.97. The van der Waals surface area contributed by atoms with Gasteiger partial charge in [-0.1, -0.05) is 0 Å². The van der Waals surface area contributed by atoms with Crippen molar-refractivity contribution in [3.63, 3.8) is 0 Å². The number of nitrogens with one attached hydrogen (secondary N) is 2. The van der Waals surface area contributed by atoms with Crippen molar-refractivity contribution in [1.82, 2.24) is 14.9 Å². The Morgan fingerprint density at radius 1 is 1.34 bits per heavy atom. The van der Waals surface area contributed by atoms with E-state index < -0.39 is 10.0 Å². The summed E-state index contributed by atoms with van der Waals surface area (Å²) < 4.78 is 50.9. The Morgan fingerprint density at radius 2 is 2.10 bits per heavy atom. The highest BCUT2D eigenvalue weighted by Crippen LogP contribution is 2.12. The summed E-state index contributed by atoms with van der Waals surface area (Å²) in [6.07, 6.45) is 2.96. The zero-order valence-electron chi connectivity index (χ0n) is 17.1. The molecular formula is C19H31FN4O4S. The molecule has 0 aliphatic carbocycles. The number of halogens is 1. The van der Waals surface area contributed by atoms with E-state index in [1.165, 1.54) is 12.1 Å². The quantitative estimate of drug-likeness (QED) is 0.428. The lowest BCUT2D eigenvalue weighted by molar-refractivity contribution is 0.0200. The Balaban J connectivity index is 1.66. The minimum atomic E-state index is -3.39. The summed E-state index contributed by atoms with van der Waals surface area (Å²) in [7, 11) is 0.0733. The smallest absolute Gasteiger partial charge is 0.213 e. The highest BCUT2D eigenvalue weighted by Gasteiger charge is 2.18. The van der Waals surface area contributed by atoms with Crippen LogP contribution in [0.15, 0.2) is 29.3 Å². The molecule has 1 aromatic carbocycles. The third-order valence-corrected chi connectivity index (χ3v) is 5.89. The number of hydrogen-bond donors (Lipinski definition) is 2. The minimum Gasteiger partial charge on any atom is -0.492 e. The van der Waals surface area contributed by atoms with Gasteiger partial charge in [-0.15, -0.1) is 0 Å². The summed E-state index contributed by atoms with van der Waals surface area (Å²) in [5.41, 5.74) is 0. The molecule has 10 heteroatoms. The number of sulfonamides is 1. The van der Waals surface area contributed by atoms with E-state index in [1.807, 2.05) is 11.9 Å². The summed E-state index contributed by atoms with van der Waals surface area (Å²) in [5.74, 6) is 0.786. The fraction of sp³-hybridized carbons (Fsp3) is 0.632. The first-order chi connectivity index (χ1) is 13.9. The first-order valence-corrected chi connectivity index (χ1v) is 11.4. The molecule has 164 valence electrons. The van der Waals surface area contributed by atoms with Gasteiger partial charge in [-0.3, -0.25) is 4.99 Å². The lowest BCUT2D eigenvalue weighted by atomic mass is 10.1. The monoisotopic (exact) mass is 430 g/mol. The molecule has 1 saturated heterocycles.